The summed E-state index contributed by atoms with van der Waals surface area (Å²) < 4.78 is 2.04. The van der Waals surface area contributed by atoms with E-state index in [2.05, 4.69) is 21.2 Å². The monoisotopic (exact) mass is 427 g/mol. The molecule has 2 amide bonds. The van der Waals surface area contributed by atoms with E-state index in [1.807, 2.05) is 79.9 Å². The summed E-state index contributed by atoms with van der Waals surface area (Å²) in [6.07, 6.45) is 0. The summed E-state index contributed by atoms with van der Waals surface area (Å²) in [5.41, 5.74) is 11.0. The number of amides is 2. The number of rotatable bonds is 5. The number of anilines is 1. The smallest absolute Gasteiger partial charge is 0.269 e. The molecule has 3 N–H and O–H groups in total. The SMILES string of the molecule is Cc1ccc(NCC(=O)NNC(=O)c2ccc3c(c2)nc(C)n3-c2ccccc2)c(C)c1. The molecule has 0 unspecified atom stereocenters. The average Bonchev–Trinajstić information content (AvgIpc) is 3.12. The summed E-state index contributed by atoms with van der Waals surface area (Å²) >= 11 is 0. The molecular formula is C25H25N5O2. The highest BCUT2D eigenvalue weighted by atomic mass is 16.2. The molecule has 32 heavy (non-hydrogen) atoms. The molecule has 0 fully saturated rings. The number of para-hydroxylation sites is 1. The predicted molar refractivity (Wildman–Crippen MR) is 126 cm³/mol. The van der Waals surface area contributed by atoms with Crippen LogP contribution in [0.2, 0.25) is 0 Å². The number of hydrogen-bond acceptors (Lipinski definition) is 4. The first-order chi connectivity index (χ1) is 15.4. The zero-order valence-corrected chi connectivity index (χ0v) is 18.3. The first kappa shape index (κ1) is 21.1. The molecule has 0 atom stereocenters. The van der Waals surface area contributed by atoms with E-state index >= 15 is 0 Å². The summed E-state index contributed by atoms with van der Waals surface area (Å²) in [5.74, 6) is 0.0804. The number of hydrogen-bond donors (Lipinski definition) is 3. The number of benzene rings is 3. The summed E-state index contributed by atoms with van der Waals surface area (Å²) in [4.78, 5) is 29.3. The number of carbonyl (C=O) groups excluding carboxylic acids is 2. The van der Waals surface area contributed by atoms with Crippen LogP contribution in [0.25, 0.3) is 16.7 Å². The van der Waals surface area contributed by atoms with Crippen LogP contribution >= 0.6 is 0 Å². The molecule has 0 aliphatic rings. The fourth-order valence-electron chi connectivity index (χ4n) is 3.68. The third-order valence-corrected chi connectivity index (χ3v) is 5.24. The lowest BCUT2D eigenvalue weighted by atomic mass is 10.1. The first-order valence-electron chi connectivity index (χ1n) is 10.4. The number of hydrazine groups is 1. The van der Waals surface area contributed by atoms with E-state index in [1.165, 1.54) is 0 Å². The van der Waals surface area contributed by atoms with Crippen LogP contribution < -0.4 is 16.2 Å². The third-order valence-electron chi connectivity index (χ3n) is 5.24. The Balaban J connectivity index is 1.40. The number of imidazole rings is 1. The first-order valence-corrected chi connectivity index (χ1v) is 10.4. The van der Waals surface area contributed by atoms with Gasteiger partial charge in [0.1, 0.15) is 5.82 Å². The highest BCUT2D eigenvalue weighted by molar-refractivity contribution is 5.98. The van der Waals surface area contributed by atoms with Crippen LogP contribution in [0.15, 0.2) is 66.7 Å². The van der Waals surface area contributed by atoms with E-state index in [1.54, 1.807) is 12.1 Å². The van der Waals surface area contributed by atoms with E-state index in [0.717, 1.165) is 33.8 Å². The molecule has 0 aliphatic heterocycles. The second-order valence-electron chi connectivity index (χ2n) is 7.71. The van der Waals surface area contributed by atoms with Gasteiger partial charge >= 0.3 is 0 Å². The van der Waals surface area contributed by atoms with Crippen molar-refractivity contribution in [2.45, 2.75) is 20.8 Å². The van der Waals surface area contributed by atoms with Crippen LogP contribution in [0.3, 0.4) is 0 Å². The molecule has 4 rings (SSSR count). The molecule has 0 aliphatic carbocycles. The maximum atomic E-state index is 12.5. The maximum absolute atomic E-state index is 12.5. The van der Waals surface area contributed by atoms with Crippen molar-refractivity contribution in [2.24, 2.45) is 0 Å². The molecular weight excluding hydrogens is 402 g/mol. The van der Waals surface area contributed by atoms with Gasteiger partial charge in [0.2, 0.25) is 0 Å². The molecule has 4 aromatic rings. The number of nitrogens with one attached hydrogen (secondary N) is 3. The van der Waals surface area contributed by atoms with Gasteiger partial charge in [0, 0.05) is 16.9 Å². The molecule has 0 radical (unpaired) electrons. The number of carbonyl (C=O) groups is 2. The number of aromatic nitrogens is 2. The molecule has 1 heterocycles. The van der Waals surface area contributed by atoms with Gasteiger partial charge in [-0.25, -0.2) is 4.98 Å². The van der Waals surface area contributed by atoms with Crippen molar-refractivity contribution in [3.63, 3.8) is 0 Å². The normalized spacial score (nSPS) is 10.7. The van der Waals surface area contributed by atoms with E-state index in [4.69, 9.17) is 0 Å². The Bertz CT molecular complexity index is 1290. The van der Waals surface area contributed by atoms with Gasteiger partial charge < -0.3 is 5.32 Å². The minimum absolute atomic E-state index is 0.0455. The van der Waals surface area contributed by atoms with Crippen molar-refractivity contribution < 1.29 is 9.59 Å². The molecule has 0 bridgehead atoms. The fourth-order valence-corrected chi connectivity index (χ4v) is 3.68. The summed E-state index contributed by atoms with van der Waals surface area (Å²) in [6.45, 7) is 5.97. The predicted octanol–water partition coefficient (Wildman–Crippen LogP) is 3.82. The summed E-state index contributed by atoms with van der Waals surface area (Å²) in [6, 6.07) is 21.2. The molecule has 162 valence electrons. The Hall–Kier alpha value is -4.13. The van der Waals surface area contributed by atoms with Crippen LogP contribution in [0.1, 0.15) is 27.3 Å². The topological polar surface area (TPSA) is 88.1 Å². The molecule has 1 aromatic heterocycles. The van der Waals surface area contributed by atoms with Gasteiger partial charge in [-0.2, -0.15) is 0 Å². The number of fused-ring (bicyclic) bond motifs is 1. The third kappa shape index (κ3) is 4.46. The Morgan fingerprint density at radius 2 is 1.69 bits per heavy atom. The van der Waals surface area contributed by atoms with E-state index < -0.39 is 5.91 Å². The van der Waals surface area contributed by atoms with Gasteiger partial charge in [-0.15, -0.1) is 0 Å². The number of aryl methyl sites for hydroxylation is 3. The van der Waals surface area contributed by atoms with Crippen LogP contribution in [0.4, 0.5) is 5.69 Å². The Labute approximate surface area is 186 Å². The minimum Gasteiger partial charge on any atom is -0.376 e. The Morgan fingerprint density at radius 3 is 2.44 bits per heavy atom. The fraction of sp³-hybridized carbons (Fsp3) is 0.160. The molecule has 0 saturated carbocycles. The van der Waals surface area contributed by atoms with Crippen molar-refractivity contribution in [2.75, 3.05) is 11.9 Å². The van der Waals surface area contributed by atoms with Crippen LogP contribution in [0, 0.1) is 20.8 Å². The van der Waals surface area contributed by atoms with E-state index in [9.17, 15) is 9.59 Å². The van der Waals surface area contributed by atoms with Gasteiger partial charge in [-0.05, 0) is 62.7 Å². The summed E-state index contributed by atoms with van der Waals surface area (Å²) in [7, 11) is 0. The second kappa shape index (κ2) is 8.93. The van der Waals surface area contributed by atoms with Crippen molar-refractivity contribution >= 4 is 28.5 Å². The minimum atomic E-state index is -0.404. The van der Waals surface area contributed by atoms with Gasteiger partial charge in [-0.3, -0.25) is 25.0 Å². The molecule has 7 heteroatoms. The number of nitrogens with zero attached hydrogens (tertiary/aromatic N) is 2. The van der Waals surface area contributed by atoms with Crippen molar-refractivity contribution in [1.82, 2.24) is 20.4 Å². The zero-order valence-electron chi connectivity index (χ0n) is 18.3. The lowest BCUT2D eigenvalue weighted by Gasteiger charge is -2.11. The second-order valence-corrected chi connectivity index (χ2v) is 7.71. The average molecular weight is 428 g/mol. The largest absolute Gasteiger partial charge is 0.376 e. The Kier molecular flexibility index (Phi) is 5.89. The van der Waals surface area contributed by atoms with Gasteiger partial charge in [0.25, 0.3) is 11.8 Å². The lowest BCUT2D eigenvalue weighted by Crippen LogP contribution is -2.44. The van der Waals surface area contributed by atoms with Crippen LogP contribution in [-0.2, 0) is 4.79 Å². The lowest BCUT2D eigenvalue weighted by molar-refractivity contribution is -0.120. The highest BCUT2D eigenvalue weighted by Gasteiger charge is 2.13. The van der Waals surface area contributed by atoms with Crippen LogP contribution in [0.5, 0.6) is 0 Å². The molecule has 0 saturated heterocycles. The zero-order chi connectivity index (χ0) is 22.7. The standard InChI is InChI=1S/C25H25N5O2/c1-16-9-11-21(17(2)13-16)26-15-24(31)28-29-25(32)19-10-12-23-22(14-19)27-18(3)30(23)20-7-5-4-6-8-20/h4-14,26H,15H2,1-3H3,(H,28,31)(H,29,32). The van der Waals surface area contributed by atoms with Gasteiger partial charge in [0.05, 0.1) is 17.6 Å². The molecule has 3 aromatic carbocycles. The van der Waals surface area contributed by atoms with Gasteiger partial charge in [-0.1, -0.05) is 35.9 Å². The Morgan fingerprint density at radius 1 is 0.906 bits per heavy atom. The maximum Gasteiger partial charge on any atom is 0.269 e. The van der Waals surface area contributed by atoms with E-state index in [0.29, 0.717) is 11.1 Å². The quantitative estimate of drug-likeness (QED) is 0.423. The highest BCUT2D eigenvalue weighted by Crippen LogP contribution is 2.22. The molecule has 7 nitrogen and oxygen atoms in total. The summed E-state index contributed by atoms with van der Waals surface area (Å²) in [5, 5.41) is 3.08. The van der Waals surface area contributed by atoms with E-state index in [-0.39, 0.29) is 12.5 Å². The van der Waals surface area contributed by atoms with Crippen molar-refractivity contribution in [1.29, 1.82) is 0 Å². The van der Waals surface area contributed by atoms with Crippen LogP contribution in [-0.4, -0.2) is 27.9 Å². The molecule has 0 spiro atoms. The van der Waals surface area contributed by atoms with Crippen molar-refractivity contribution in [3.8, 4) is 5.69 Å². The van der Waals surface area contributed by atoms with Gasteiger partial charge in [0.15, 0.2) is 0 Å². The van der Waals surface area contributed by atoms with Crippen molar-refractivity contribution in [3.05, 3.63) is 89.2 Å².